The van der Waals surface area contributed by atoms with Crippen molar-refractivity contribution in [1.29, 1.82) is 0 Å². The van der Waals surface area contributed by atoms with Gasteiger partial charge >= 0.3 is 5.97 Å². The van der Waals surface area contributed by atoms with Gasteiger partial charge in [-0.2, -0.15) is 0 Å². The number of carbonyl (C=O) groups is 1. The van der Waals surface area contributed by atoms with E-state index in [4.69, 9.17) is 5.11 Å². The summed E-state index contributed by atoms with van der Waals surface area (Å²) in [5, 5.41) is 9.10. The molecule has 3 rings (SSSR count). The van der Waals surface area contributed by atoms with Crippen molar-refractivity contribution in [3.63, 3.8) is 0 Å². The quantitative estimate of drug-likeness (QED) is 0.748. The van der Waals surface area contributed by atoms with Crippen LogP contribution in [0.15, 0.2) is 10.9 Å². The van der Waals surface area contributed by atoms with Crippen molar-refractivity contribution in [3.05, 3.63) is 33.2 Å². The van der Waals surface area contributed by atoms with Crippen LogP contribution in [0, 0.1) is 5.41 Å². The standard InChI is InChI=1S/C12H13NO3/c14-10-5-7(11(15)16)8-6-12(3-4-12)2-1-9(8)13-10/h5H,1-4,6H2,(H,13,14)(H,15,16). The minimum absolute atomic E-state index is 0.199. The molecule has 1 spiro atoms. The molecule has 16 heavy (non-hydrogen) atoms. The van der Waals surface area contributed by atoms with Crippen LogP contribution in [-0.2, 0) is 12.8 Å². The molecule has 4 nitrogen and oxygen atoms in total. The van der Waals surface area contributed by atoms with Gasteiger partial charge in [-0.3, -0.25) is 4.79 Å². The number of hydrogen-bond acceptors (Lipinski definition) is 2. The summed E-state index contributed by atoms with van der Waals surface area (Å²) in [4.78, 5) is 25.2. The molecule has 0 atom stereocenters. The van der Waals surface area contributed by atoms with Crippen LogP contribution < -0.4 is 5.56 Å². The van der Waals surface area contributed by atoms with E-state index in [9.17, 15) is 9.59 Å². The van der Waals surface area contributed by atoms with Crippen LogP contribution >= 0.6 is 0 Å². The minimum atomic E-state index is -0.986. The van der Waals surface area contributed by atoms with Gasteiger partial charge in [-0.05, 0) is 43.1 Å². The van der Waals surface area contributed by atoms with E-state index in [1.807, 2.05) is 0 Å². The largest absolute Gasteiger partial charge is 0.478 e. The molecule has 2 N–H and O–H groups in total. The number of aromatic amines is 1. The third kappa shape index (κ3) is 1.37. The van der Waals surface area contributed by atoms with E-state index in [2.05, 4.69) is 4.98 Å². The van der Waals surface area contributed by atoms with E-state index >= 15 is 0 Å². The predicted octanol–water partition coefficient (Wildman–Crippen LogP) is 1.34. The van der Waals surface area contributed by atoms with Gasteiger partial charge in [0.25, 0.3) is 0 Å². The monoisotopic (exact) mass is 219 g/mol. The van der Waals surface area contributed by atoms with Crippen molar-refractivity contribution in [3.8, 4) is 0 Å². The number of aryl methyl sites for hydroxylation is 1. The molecule has 2 aliphatic rings. The summed E-state index contributed by atoms with van der Waals surface area (Å²) < 4.78 is 0. The maximum atomic E-state index is 11.3. The Morgan fingerprint density at radius 3 is 2.75 bits per heavy atom. The van der Waals surface area contributed by atoms with Crippen molar-refractivity contribution in [2.75, 3.05) is 0 Å². The number of carboxylic acids is 1. The molecule has 4 heteroatoms. The van der Waals surface area contributed by atoms with E-state index in [-0.39, 0.29) is 11.1 Å². The first-order valence-electron chi connectivity index (χ1n) is 5.58. The maximum absolute atomic E-state index is 11.3. The summed E-state index contributed by atoms with van der Waals surface area (Å²) in [6.07, 6.45) is 5.11. The first-order valence-corrected chi connectivity index (χ1v) is 5.58. The van der Waals surface area contributed by atoms with E-state index in [0.29, 0.717) is 5.41 Å². The zero-order valence-electron chi connectivity index (χ0n) is 8.88. The predicted molar refractivity (Wildman–Crippen MR) is 57.7 cm³/mol. The molecule has 0 aliphatic heterocycles. The first-order chi connectivity index (χ1) is 7.60. The lowest BCUT2D eigenvalue weighted by Crippen LogP contribution is -2.24. The van der Waals surface area contributed by atoms with E-state index in [1.54, 1.807) is 0 Å². The molecule has 1 heterocycles. The smallest absolute Gasteiger partial charge is 0.336 e. The second-order valence-electron chi connectivity index (χ2n) is 4.99. The lowest BCUT2D eigenvalue weighted by Gasteiger charge is -2.24. The highest BCUT2D eigenvalue weighted by atomic mass is 16.4. The van der Waals surface area contributed by atoms with E-state index < -0.39 is 5.97 Å². The molecule has 0 radical (unpaired) electrons. The lowest BCUT2D eigenvalue weighted by molar-refractivity contribution is 0.0694. The molecule has 0 aromatic carbocycles. The second kappa shape index (κ2) is 2.97. The molecular formula is C12H13NO3. The summed E-state index contributed by atoms with van der Waals surface area (Å²) in [7, 11) is 0. The van der Waals surface area contributed by atoms with Crippen molar-refractivity contribution in [2.24, 2.45) is 5.41 Å². The Bertz CT molecular complexity index is 526. The number of H-pyrrole nitrogens is 1. The minimum Gasteiger partial charge on any atom is -0.478 e. The van der Waals surface area contributed by atoms with Crippen LogP contribution in [-0.4, -0.2) is 16.1 Å². The zero-order valence-corrected chi connectivity index (χ0v) is 8.88. The Morgan fingerprint density at radius 2 is 2.12 bits per heavy atom. The highest BCUT2D eigenvalue weighted by Gasteiger charge is 2.45. The fourth-order valence-corrected chi connectivity index (χ4v) is 2.70. The Morgan fingerprint density at radius 1 is 1.38 bits per heavy atom. The number of hydrogen-bond donors (Lipinski definition) is 2. The fourth-order valence-electron chi connectivity index (χ4n) is 2.70. The third-order valence-electron chi connectivity index (χ3n) is 3.88. The molecule has 1 aromatic heterocycles. The van der Waals surface area contributed by atoms with Gasteiger partial charge < -0.3 is 10.1 Å². The fraction of sp³-hybridized carbons (Fsp3) is 0.500. The highest BCUT2D eigenvalue weighted by Crippen LogP contribution is 2.54. The summed E-state index contributed by atoms with van der Waals surface area (Å²) in [5.41, 5.74) is 1.95. The molecule has 84 valence electrons. The Kier molecular flexibility index (Phi) is 1.79. The number of fused-ring (bicyclic) bond motifs is 1. The van der Waals surface area contributed by atoms with Gasteiger partial charge in [-0.1, -0.05) is 0 Å². The number of pyridine rings is 1. The van der Waals surface area contributed by atoms with Gasteiger partial charge in [0.15, 0.2) is 0 Å². The van der Waals surface area contributed by atoms with Crippen LogP contribution in [0.4, 0.5) is 0 Å². The van der Waals surface area contributed by atoms with Gasteiger partial charge in [-0.15, -0.1) is 0 Å². The molecule has 0 saturated heterocycles. The Hall–Kier alpha value is -1.58. The van der Waals surface area contributed by atoms with Crippen molar-refractivity contribution >= 4 is 5.97 Å². The molecule has 1 aromatic rings. The number of rotatable bonds is 1. The average Bonchev–Trinajstić information content (AvgIpc) is 2.98. The number of carboxylic acid groups (broad SMARTS) is 1. The molecular weight excluding hydrogens is 206 g/mol. The molecule has 1 fully saturated rings. The van der Waals surface area contributed by atoms with Gasteiger partial charge in [-0.25, -0.2) is 4.79 Å². The molecule has 1 saturated carbocycles. The zero-order chi connectivity index (χ0) is 11.3. The topological polar surface area (TPSA) is 70.2 Å². The van der Waals surface area contributed by atoms with Gasteiger partial charge in [0.1, 0.15) is 0 Å². The summed E-state index contributed by atoms with van der Waals surface area (Å²) >= 11 is 0. The Balaban J connectivity index is 2.15. The van der Waals surface area contributed by atoms with Crippen molar-refractivity contribution in [2.45, 2.75) is 32.1 Å². The third-order valence-corrected chi connectivity index (χ3v) is 3.88. The summed E-state index contributed by atoms with van der Waals surface area (Å²) in [6.45, 7) is 0. The van der Waals surface area contributed by atoms with Gasteiger partial charge in [0.2, 0.25) is 5.56 Å². The van der Waals surface area contributed by atoms with Gasteiger partial charge in [0, 0.05) is 11.8 Å². The normalized spacial score (nSPS) is 20.5. The van der Waals surface area contributed by atoms with E-state index in [0.717, 1.165) is 30.5 Å². The van der Waals surface area contributed by atoms with Crippen LogP contribution in [0.2, 0.25) is 0 Å². The lowest BCUT2D eigenvalue weighted by atomic mass is 9.82. The van der Waals surface area contributed by atoms with Crippen molar-refractivity contribution in [1.82, 2.24) is 4.98 Å². The first kappa shape index (κ1) is 9.63. The van der Waals surface area contributed by atoms with Crippen LogP contribution in [0.5, 0.6) is 0 Å². The summed E-state index contributed by atoms with van der Waals surface area (Å²) in [6, 6.07) is 1.21. The van der Waals surface area contributed by atoms with Crippen LogP contribution in [0.3, 0.4) is 0 Å². The number of aromatic nitrogens is 1. The molecule has 0 bridgehead atoms. The van der Waals surface area contributed by atoms with Gasteiger partial charge in [0.05, 0.1) is 5.56 Å². The second-order valence-corrected chi connectivity index (χ2v) is 4.99. The molecule has 0 unspecified atom stereocenters. The van der Waals surface area contributed by atoms with E-state index in [1.165, 1.54) is 18.9 Å². The van der Waals surface area contributed by atoms with Crippen molar-refractivity contribution < 1.29 is 9.90 Å². The highest BCUT2D eigenvalue weighted by molar-refractivity contribution is 5.89. The summed E-state index contributed by atoms with van der Waals surface area (Å²) in [5.74, 6) is -0.986. The van der Waals surface area contributed by atoms with Crippen LogP contribution in [0.1, 0.15) is 40.9 Å². The Labute approximate surface area is 92.3 Å². The SMILES string of the molecule is O=C(O)c1cc(=O)[nH]c2c1CC1(CC2)CC1. The average molecular weight is 219 g/mol. The maximum Gasteiger partial charge on any atom is 0.336 e. The number of aromatic carboxylic acids is 1. The van der Waals surface area contributed by atoms with Crippen LogP contribution in [0.25, 0.3) is 0 Å². The number of nitrogens with one attached hydrogen (secondary N) is 1. The molecule has 0 amide bonds. The molecule has 2 aliphatic carbocycles.